The molecule has 2 atom stereocenters. The van der Waals surface area contributed by atoms with E-state index in [-0.39, 0.29) is 23.8 Å². The van der Waals surface area contributed by atoms with Crippen LogP contribution in [0.3, 0.4) is 0 Å². The summed E-state index contributed by atoms with van der Waals surface area (Å²) in [5.74, 6) is -0.124. The summed E-state index contributed by atoms with van der Waals surface area (Å²) in [5, 5.41) is 0. The largest absolute Gasteiger partial charge is 0.469 e. The van der Waals surface area contributed by atoms with Gasteiger partial charge in [-0.15, -0.1) is 0 Å². The number of esters is 1. The molecule has 0 radical (unpaired) electrons. The minimum atomic E-state index is -0.179. The van der Waals surface area contributed by atoms with E-state index in [4.69, 9.17) is 4.74 Å². The van der Waals surface area contributed by atoms with Crippen molar-refractivity contribution in [1.29, 1.82) is 0 Å². The molecule has 0 aliphatic carbocycles. The van der Waals surface area contributed by atoms with Crippen molar-refractivity contribution in [2.75, 3.05) is 21.2 Å². The maximum absolute atomic E-state index is 12.1. The minimum Gasteiger partial charge on any atom is -0.469 e. The smallest absolute Gasteiger partial charge is 0.310 e. The average molecular weight is 328 g/mol. The number of benzene rings is 1. The third-order valence-electron chi connectivity index (χ3n) is 3.30. The monoisotopic (exact) mass is 327 g/mol. The van der Waals surface area contributed by atoms with E-state index < -0.39 is 0 Å². The van der Waals surface area contributed by atoms with Gasteiger partial charge in [-0.3, -0.25) is 4.79 Å². The van der Waals surface area contributed by atoms with Crippen LogP contribution in [0.2, 0.25) is 0 Å². The molecule has 0 aliphatic heterocycles. The Morgan fingerprint density at radius 3 is 2.11 bits per heavy atom. The Hall–Kier alpha value is -0.870. The molecule has 106 valence electrons. The number of carbonyl (C=O) groups is 1. The van der Waals surface area contributed by atoms with Crippen molar-refractivity contribution < 1.29 is 9.53 Å². The highest BCUT2D eigenvalue weighted by Gasteiger charge is 2.34. The van der Waals surface area contributed by atoms with E-state index in [1.54, 1.807) is 0 Å². The molecule has 0 saturated heterocycles. The first-order valence-corrected chi connectivity index (χ1v) is 7.17. The number of methoxy groups -OCH3 is 1. The van der Waals surface area contributed by atoms with Gasteiger partial charge in [-0.1, -0.05) is 41.9 Å². The van der Waals surface area contributed by atoms with Gasteiger partial charge in [0.05, 0.1) is 13.0 Å². The first kappa shape index (κ1) is 16.2. The molecule has 0 bridgehead atoms. The molecule has 0 amide bonds. The zero-order valence-corrected chi connectivity index (χ0v) is 13.8. The molecule has 3 nitrogen and oxygen atoms in total. The van der Waals surface area contributed by atoms with E-state index in [2.05, 4.69) is 34.7 Å². The molecule has 0 spiro atoms. The summed E-state index contributed by atoms with van der Waals surface area (Å²) in [6.07, 6.45) is 0. The normalized spacial score (nSPS) is 14.5. The molecule has 1 aromatic carbocycles. The van der Waals surface area contributed by atoms with E-state index in [0.29, 0.717) is 0 Å². The summed E-state index contributed by atoms with van der Waals surface area (Å²) < 4.78 is 6.01. The first-order valence-electron chi connectivity index (χ1n) is 6.38. The molecular weight excluding hydrogens is 306 g/mol. The highest BCUT2D eigenvalue weighted by atomic mass is 79.9. The maximum Gasteiger partial charge on any atom is 0.310 e. The van der Waals surface area contributed by atoms with Crippen molar-refractivity contribution in [3.63, 3.8) is 0 Å². The summed E-state index contributed by atoms with van der Waals surface area (Å²) >= 11 is 3.43. The zero-order chi connectivity index (χ0) is 14.6. The van der Waals surface area contributed by atoms with E-state index in [9.17, 15) is 4.79 Å². The lowest BCUT2D eigenvalue weighted by Crippen LogP contribution is -2.36. The molecule has 0 N–H and O–H groups in total. The molecular formula is C15H22BrNO2. The highest BCUT2D eigenvalue weighted by molar-refractivity contribution is 9.10. The molecule has 0 aromatic heterocycles. The fourth-order valence-electron chi connectivity index (χ4n) is 2.39. The van der Waals surface area contributed by atoms with Gasteiger partial charge in [0.15, 0.2) is 0 Å². The average Bonchev–Trinajstić information content (AvgIpc) is 2.35. The summed E-state index contributed by atoms with van der Waals surface area (Å²) in [4.78, 5) is 14.2. The van der Waals surface area contributed by atoms with Crippen molar-refractivity contribution >= 4 is 21.9 Å². The van der Waals surface area contributed by atoms with E-state index >= 15 is 0 Å². The second-order valence-electron chi connectivity index (χ2n) is 5.25. The van der Waals surface area contributed by atoms with Gasteiger partial charge in [0.2, 0.25) is 0 Å². The van der Waals surface area contributed by atoms with Crippen LogP contribution >= 0.6 is 15.9 Å². The first-order chi connectivity index (χ1) is 8.88. The molecule has 0 saturated carbocycles. The predicted molar refractivity (Wildman–Crippen MR) is 80.9 cm³/mol. The van der Waals surface area contributed by atoms with E-state index in [1.807, 2.05) is 38.4 Å². The third kappa shape index (κ3) is 4.05. The third-order valence-corrected chi connectivity index (χ3v) is 3.83. The molecule has 0 heterocycles. The Balaban J connectivity index is 3.17. The van der Waals surface area contributed by atoms with Gasteiger partial charge in [0.1, 0.15) is 0 Å². The SMILES string of the molecule is COC(=O)C(C(C)C)C(c1ccc(Br)cc1)N(C)C. The molecule has 0 aliphatic rings. The Kier molecular flexibility index (Phi) is 6.01. The van der Waals surface area contributed by atoms with Gasteiger partial charge in [-0.2, -0.15) is 0 Å². The number of hydrogen-bond donors (Lipinski definition) is 0. The van der Waals surface area contributed by atoms with Gasteiger partial charge >= 0.3 is 5.97 Å². The molecule has 1 rings (SSSR count). The fraction of sp³-hybridized carbons (Fsp3) is 0.533. The topological polar surface area (TPSA) is 29.5 Å². The maximum atomic E-state index is 12.1. The Morgan fingerprint density at radius 2 is 1.74 bits per heavy atom. The number of carbonyl (C=O) groups excluding carboxylic acids is 1. The van der Waals surface area contributed by atoms with Crippen LogP contribution in [0.1, 0.15) is 25.5 Å². The summed E-state index contributed by atoms with van der Waals surface area (Å²) in [5.41, 5.74) is 1.12. The second kappa shape index (κ2) is 7.06. The van der Waals surface area contributed by atoms with Gasteiger partial charge < -0.3 is 9.64 Å². The van der Waals surface area contributed by atoms with E-state index in [1.165, 1.54) is 7.11 Å². The highest BCUT2D eigenvalue weighted by Crippen LogP contribution is 2.33. The number of ether oxygens (including phenoxy) is 1. The van der Waals surface area contributed by atoms with E-state index in [0.717, 1.165) is 10.0 Å². The predicted octanol–water partition coefficient (Wildman–Crippen LogP) is 3.50. The lowest BCUT2D eigenvalue weighted by atomic mass is 9.84. The lowest BCUT2D eigenvalue weighted by molar-refractivity contribution is -0.149. The van der Waals surface area contributed by atoms with Gasteiger partial charge in [-0.25, -0.2) is 0 Å². The zero-order valence-electron chi connectivity index (χ0n) is 12.2. The number of halogens is 1. The van der Waals surface area contributed by atoms with Crippen LogP contribution in [0.5, 0.6) is 0 Å². The van der Waals surface area contributed by atoms with Crippen molar-refractivity contribution in [3.05, 3.63) is 34.3 Å². The number of nitrogens with zero attached hydrogens (tertiary/aromatic N) is 1. The Bertz CT molecular complexity index is 415. The molecule has 0 fully saturated rings. The van der Waals surface area contributed by atoms with Gasteiger partial charge in [0, 0.05) is 10.5 Å². The second-order valence-corrected chi connectivity index (χ2v) is 6.17. The standard InChI is InChI=1S/C15H22BrNO2/c1-10(2)13(15(18)19-5)14(17(3)4)11-6-8-12(16)9-7-11/h6-10,13-14H,1-5H3. The Labute approximate surface area is 124 Å². The van der Waals surface area contributed by atoms with Crippen molar-refractivity contribution in [2.45, 2.75) is 19.9 Å². The lowest BCUT2D eigenvalue weighted by Gasteiger charge is -2.33. The fourth-order valence-corrected chi connectivity index (χ4v) is 2.65. The minimum absolute atomic E-state index is 0.0144. The molecule has 1 aromatic rings. The molecule has 19 heavy (non-hydrogen) atoms. The van der Waals surface area contributed by atoms with Crippen LogP contribution < -0.4 is 0 Å². The summed E-state index contributed by atoms with van der Waals surface area (Å²) in [7, 11) is 5.43. The van der Waals surface area contributed by atoms with Crippen LogP contribution in [0, 0.1) is 11.8 Å². The number of hydrogen-bond acceptors (Lipinski definition) is 3. The van der Waals surface area contributed by atoms with Crippen LogP contribution in [0.25, 0.3) is 0 Å². The van der Waals surface area contributed by atoms with Crippen molar-refractivity contribution in [2.24, 2.45) is 11.8 Å². The van der Waals surface area contributed by atoms with Crippen molar-refractivity contribution in [3.8, 4) is 0 Å². The summed E-state index contributed by atoms with van der Waals surface area (Å²) in [6.45, 7) is 4.11. The molecule has 2 unspecified atom stereocenters. The van der Waals surface area contributed by atoms with Crippen LogP contribution in [-0.4, -0.2) is 32.1 Å². The molecule has 4 heteroatoms. The van der Waals surface area contributed by atoms with Crippen molar-refractivity contribution in [1.82, 2.24) is 4.90 Å². The van der Waals surface area contributed by atoms with Crippen LogP contribution in [0.4, 0.5) is 0 Å². The number of rotatable bonds is 5. The summed E-state index contributed by atoms with van der Waals surface area (Å²) in [6, 6.07) is 8.11. The van der Waals surface area contributed by atoms with Crippen LogP contribution in [-0.2, 0) is 9.53 Å². The Morgan fingerprint density at radius 1 is 1.21 bits per heavy atom. The quantitative estimate of drug-likeness (QED) is 0.775. The van der Waals surface area contributed by atoms with Gasteiger partial charge in [0.25, 0.3) is 0 Å². The van der Waals surface area contributed by atoms with Crippen LogP contribution in [0.15, 0.2) is 28.7 Å². The van der Waals surface area contributed by atoms with Gasteiger partial charge in [-0.05, 0) is 37.7 Å².